The minimum absolute atomic E-state index is 0.00177. The molecule has 1 atom stereocenters. The second-order valence-corrected chi connectivity index (χ2v) is 6.11. The Bertz CT molecular complexity index is 676. The van der Waals surface area contributed by atoms with Gasteiger partial charge in [-0.05, 0) is 17.7 Å². The zero-order valence-electron chi connectivity index (χ0n) is 11.3. The zero-order chi connectivity index (χ0) is 15.5. The number of carbonyl (C=O) groups excluding carboxylic acids is 2. The number of nitrogens with zero attached hydrogens (tertiary/aromatic N) is 4. The van der Waals surface area contributed by atoms with Crippen molar-refractivity contribution in [1.82, 2.24) is 25.2 Å². The summed E-state index contributed by atoms with van der Waals surface area (Å²) >= 11 is 7.33. The normalized spacial score (nSPS) is 17.8. The van der Waals surface area contributed by atoms with Gasteiger partial charge in [0.05, 0.1) is 5.75 Å². The average molecular weight is 338 g/mol. The zero-order valence-corrected chi connectivity index (χ0v) is 12.9. The Labute approximate surface area is 135 Å². The number of rotatable bonds is 4. The van der Waals surface area contributed by atoms with Gasteiger partial charge in [0.25, 0.3) is 11.8 Å². The maximum Gasteiger partial charge on any atom is 0.260 e. The summed E-state index contributed by atoms with van der Waals surface area (Å²) in [6.07, 6.45) is 2.79. The second kappa shape index (κ2) is 6.37. The lowest BCUT2D eigenvalue weighted by Gasteiger charge is -2.24. The number of nitrogens with one attached hydrogen (secondary N) is 1. The molecule has 1 aliphatic heterocycles. The van der Waals surface area contributed by atoms with Gasteiger partial charge in [0, 0.05) is 5.02 Å². The molecule has 1 aliphatic rings. The van der Waals surface area contributed by atoms with Crippen LogP contribution < -0.4 is 5.43 Å². The van der Waals surface area contributed by atoms with E-state index in [0.717, 1.165) is 5.56 Å². The molecule has 114 valence electrons. The van der Waals surface area contributed by atoms with Crippen LogP contribution >= 0.6 is 23.4 Å². The Morgan fingerprint density at radius 3 is 2.86 bits per heavy atom. The van der Waals surface area contributed by atoms with Crippen LogP contribution in [0.3, 0.4) is 0 Å². The Morgan fingerprint density at radius 2 is 2.18 bits per heavy atom. The summed E-state index contributed by atoms with van der Waals surface area (Å²) in [6, 6.07) is 7.20. The van der Waals surface area contributed by atoms with E-state index in [2.05, 4.69) is 15.5 Å². The first-order valence-electron chi connectivity index (χ1n) is 6.44. The molecule has 1 fully saturated rings. The molecule has 1 aromatic carbocycles. The van der Waals surface area contributed by atoms with Gasteiger partial charge in [0.2, 0.25) is 0 Å². The maximum absolute atomic E-state index is 12.0. The third-order valence-electron chi connectivity index (χ3n) is 3.04. The van der Waals surface area contributed by atoms with Crippen LogP contribution in [0.5, 0.6) is 0 Å². The molecule has 1 saturated heterocycles. The number of hydrogen-bond donors (Lipinski definition) is 1. The molecule has 1 unspecified atom stereocenters. The Balaban J connectivity index is 1.71. The number of halogens is 1. The molecule has 2 amide bonds. The first-order chi connectivity index (χ1) is 10.6. The maximum atomic E-state index is 12.0. The summed E-state index contributed by atoms with van der Waals surface area (Å²) in [4.78, 5) is 27.8. The molecule has 0 saturated carbocycles. The molecule has 0 radical (unpaired) electrons. The fourth-order valence-corrected chi connectivity index (χ4v) is 3.28. The van der Waals surface area contributed by atoms with Crippen LogP contribution in [0.15, 0.2) is 36.9 Å². The number of benzene rings is 1. The molecule has 0 aliphatic carbocycles. The third kappa shape index (κ3) is 3.23. The standard InChI is InChI=1S/C13H12ClN5O2S/c14-10-3-1-9(2-4-10)13-19(12(21)6-22-13)17-11(20)5-18-8-15-7-16-18/h1-4,7-8,13H,5-6H2,(H,17,20). The minimum Gasteiger partial charge on any atom is -0.272 e. The summed E-state index contributed by atoms with van der Waals surface area (Å²) in [7, 11) is 0. The Hall–Kier alpha value is -2.06. The summed E-state index contributed by atoms with van der Waals surface area (Å²) < 4.78 is 1.39. The van der Waals surface area contributed by atoms with Crippen molar-refractivity contribution in [2.45, 2.75) is 11.9 Å². The van der Waals surface area contributed by atoms with Gasteiger partial charge < -0.3 is 0 Å². The van der Waals surface area contributed by atoms with Crippen molar-refractivity contribution in [3.05, 3.63) is 47.5 Å². The predicted octanol–water partition coefficient (Wildman–Crippen LogP) is 1.24. The number of carbonyl (C=O) groups is 2. The SMILES string of the molecule is O=C(Cn1cncn1)NN1C(=O)CSC1c1ccc(Cl)cc1. The largest absolute Gasteiger partial charge is 0.272 e. The van der Waals surface area contributed by atoms with E-state index in [1.165, 1.54) is 34.1 Å². The second-order valence-electron chi connectivity index (χ2n) is 4.61. The molecule has 3 rings (SSSR count). The third-order valence-corrected chi connectivity index (χ3v) is 4.50. The smallest absolute Gasteiger partial charge is 0.260 e. The van der Waals surface area contributed by atoms with Crippen LogP contribution in [0.25, 0.3) is 0 Å². The van der Waals surface area contributed by atoms with Crippen molar-refractivity contribution in [1.29, 1.82) is 0 Å². The quantitative estimate of drug-likeness (QED) is 0.908. The van der Waals surface area contributed by atoms with Crippen LogP contribution in [0.4, 0.5) is 0 Å². The van der Waals surface area contributed by atoms with Gasteiger partial charge in [-0.1, -0.05) is 23.7 Å². The average Bonchev–Trinajstić information content (AvgIpc) is 3.11. The van der Waals surface area contributed by atoms with Crippen molar-refractivity contribution in [2.75, 3.05) is 5.75 Å². The number of hydrogen-bond acceptors (Lipinski definition) is 5. The van der Waals surface area contributed by atoms with Crippen molar-refractivity contribution in [3.8, 4) is 0 Å². The van der Waals surface area contributed by atoms with Crippen molar-refractivity contribution in [2.24, 2.45) is 0 Å². The summed E-state index contributed by atoms with van der Waals surface area (Å²) in [6.45, 7) is 0.00177. The van der Waals surface area contributed by atoms with Crippen LogP contribution in [0.2, 0.25) is 5.02 Å². The van der Waals surface area contributed by atoms with Crippen molar-refractivity contribution >= 4 is 35.2 Å². The number of hydrazine groups is 1. The van der Waals surface area contributed by atoms with Gasteiger partial charge in [-0.15, -0.1) is 11.8 Å². The first kappa shape index (κ1) is 14.9. The molecule has 9 heteroatoms. The van der Waals surface area contributed by atoms with E-state index in [1.54, 1.807) is 12.1 Å². The van der Waals surface area contributed by atoms with E-state index >= 15 is 0 Å². The lowest BCUT2D eigenvalue weighted by molar-refractivity contribution is -0.139. The van der Waals surface area contributed by atoms with E-state index in [1.807, 2.05) is 12.1 Å². The lowest BCUT2D eigenvalue weighted by atomic mass is 10.2. The van der Waals surface area contributed by atoms with Crippen LogP contribution in [-0.4, -0.2) is 37.3 Å². The van der Waals surface area contributed by atoms with Crippen LogP contribution in [-0.2, 0) is 16.1 Å². The molecule has 2 aromatic rings. The number of amides is 2. The van der Waals surface area contributed by atoms with Gasteiger partial charge in [-0.3, -0.25) is 15.0 Å². The highest BCUT2D eigenvalue weighted by molar-refractivity contribution is 8.00. The summed E-state index contributed by atoms with van der Waals surface area (Å²) in [5, 5.41) is 5.58. The molecular formula is C13H12ClN5O2S. The predicted molar refractivity (Wildman–Crippen MR) is 81.7 cm³/mol. The molecular weight excluding hydrogens is 326 g/mol. The summed E-state index contributed by atoms with van der Waals surface area (Å²) in [5.41, 5.74) is 3.54. The van der Waals surface area contributed by atoms with Crippen molar-refractivity contribution in [3.63, 3.8) is 0 Å². The Morgan fingerprint density at radius 1 is 1.41 bits per heavy atom. The molecule has 1 N–H and O–H groups in total. The van der Waals surface area contributed by atoms with Gasteiger partial charge in [-0.2, -0.15) is 5.10 Å². The Kier molecular flexibility index (Phi) is 4.30. The molecule has 0 spiro atoms. The van der Waals surface area contributed by atoms with Crippen LogP contribution in [0, 0.1) is 0 Å². The fourth-order valence-electron chi connectivity index (χ4n) is 2.05. The monoisotopic (exact) mass is 337 g/mol. The highest BCUT2D eigenvalue weighted by Crippen LogP contribution is 2.37. The highest BCUT2D eigenvalue weighted by atomic mass is 35.5. The van der Waals surface area contributed by atoms with E-state index < -0.39 is 0 Å². The van der Waals surface area contributed by atoms with E-state index in [4.69, 9.17) is 11.6 Å². The van der Waals surface area contributed by atoms with Gasteiger partial charge in [0.1, 0.15) is 24.6 Å². The molecule has 0 bridgehead atoms. The van der Waals surface area contributed by atoms with Crippen molar-refractivity contribution < 1.29 is 9.59 Å². The minimum atomic E-state index is -0.333. The van der Waals surface area contributed by atoms with E-state index in [-0.39, 0.29) is 23.7 Å². The lowest BCUT2D eigenvalue weighted by Crippen LogP contribution is -2.45. The molecule has 7 nitrogen and oxygen atoms in total. The number of aromatic nitrogens is 3. The molecule has 22 heavy (non-hydrogen) atoms. The van der Waals surface area contributed by atoms with Gasteiger partial charge in [-0.25, -0.2) is 14.7 Å². The first-order valence-corrected chi connectivity index (χ1v) is 7.87. The topological polar surface area (TPSA) is 80.1 Å². The van der Waals surface area contributed by atoms with E-state index in [0.29, 0.717) is 10.8 Å². The van der Waals surface area contributed by atoms with Gasteiger partial charge >= 0.3 is 0 Å². The highest BCUT2D eigenvalue weighted by Gasteiger charge is 2.34. The summed E-state index contributed by atoms with van der Waals surface area (Å²) in [5.74, 6) is -0.158. The van der Waals surface area contributed by atoms with Gasteiger partial charge in [0.15, 0.2) is 0 Å². The molecule has 1 aromatic heterocycles. The van der Waals surface area contributed by atoms with Crippen LogP contribution in [0.1, 0.15) is 10.9 Å². The number of thioether (sulfide) groups is 1. The van der Waals surface area contributed by atoms with E-state index in [9.17, 15) is 9.59 Å². The molecule has 2 heterocycles. The fraction of sp³-hybridized carbons (Fsp3) is 0.231.